The maximum absolute atomic E-state index is 14.0. The van der Waals surface area contributed by atoms with Crippen molar-refractivity contribution in [1.82, 2.24) is 19.5 Å². The Morgan fingerprint density at radius 1 is 0.894 bits per heavy atom. The third-order valence-electron chi connectivity index (χ3n) is 9.24. The molecular weight excluding hydrogens is 612 g/mol. The number of ether oxygens (including phenoxy) is 1. The minimum atomic E-state index is -3.76. The van der Waals surface area contributed by atoms with E-state index in [-0.39, 0.29) is 34.9 Å². The minimum Gasteiger partial charge on any atom is -0.444 e. The highest BCUT2D eigenvalue weighted by molar-refractivity contribution is 7.89. The molecule has 6 rings (SSSR count). The van der Waals surface area contributed by atoms with E-state index < -0.39 is 15.6 Å². The normalized spacial score (nSPS) is 20.7. The molecule has 1 aliphatic heterocycles. The highest BCUT2D eigenvalue weighted by Gasteiger charge is 2.39. The predicted octanol–water partition coefficient (Wildman–Crippen LogP) is 6.80. The van der Waals surface area contributed by atoms with Crippen LogP contribution < -0.4 is 4.72 Å². The number of rotatable bonds is 6. The summed E-state index contributed by atoms with van der Waals surface area (Å²) in [6, 6.07) is 24.6. The smallest absolute Gasteiger partial charge is 0.410 e. The van der Waals surface area contributed by atoms with E-state index in [1.807, 2.05) is 86.3 Å². The van der Waals surface area contributed by atoms with Crippen LogP contribution in [0.15, 0.2) is 83.8 Å². The van der Waals surface area contributed by atoms with Crippen LogP contribution in [0.4, 0.5) is 4.79 Å². The van der Waals surface area contributed by atoms with Gasteiger partial charge in [0.05, 0.1) is 10.9 Å². The third-order valence-corrected chi connectivity index (χ3v) is 10.8. The van der Waals surface area contributed by atoms with E-state index in [1.54, 1.807) is 17.0 Å². The van der Waals surface area contributed by atoms with Crippen molar-refractivity contribution in [2.24, 2.45) is 5.92 Å². The Hall–Kier alpha value is -4.15. The first-order chi connectivity index (χ1) is 22.4. The number of carbonyl (C=O) groups excluding carboxylic acids is 2. The number of H-pyrrole nitrogens is 1. The Labute approximate surface area is 277 Å². The Bertz CT molecular complexity index is 1860. The lowest BCUT2D eigenvalue weighted by molar-refractivity contribution is -0.142. The maximum atomic E-state index is 14.0. The molecular formula is C37H44N4O5S. The van der Waals surface area contributed by atoms with Crippen LogP contribution in [0, 0.1) is 12.8 Å². The molecule has 2 aliphatic rings. The van der Waals surface area contributed by atoms with Crippen molar-refractivity contribution in [1.29, 1.82) is 0 Å². The SMILES string of the molecule is Cc1ccccc1-c1cc2ccc(S(=O)(=O)N[C@H]3CC[C@H](C(=O)N4CCN(C(=O)OC(C)(C)C)C[C@@H]4c4ccccc4)CC3)cc2[nH]1. The van der Waals surface area contributed by atoms with Gasteiger partial charge in [-0.25, -0.2) is 17.9 Å². The van der Waals surface area contributed by atoms with Crippen molar-refractivity contribution >= 4 is 32.9 Å². The summed E-state index contributed by atoms with van der Waals surface area (Å²) in [6.45, 7) is 8.76. The first kappa shape index (κ1) is 32.8. The van der Waals surface area contributed by atoms with Crippen LogP contribution in [-0.4, -0.2) is 66.5 Å². The highest BCUT2D eigenvalue weighted by Crippen LogP contribution is 2.34. The van der Waals surface area contributed by atoms with Crippen LogP contribution in [0.1, 0.15) is 63.6 Å². The summed E-state index contributed by atoms with van der Waals surface area (Å²) in [7, 11) is -3.76. The molecule has 0 bridgehead atoms. The van der Waals surface area contributed by atoms with Gasteiger partial charge in [0.25, 0.3) is 0 Å². The number of piperazine rings is 1. The fraction of sp³-hybridized carbons (Fsp3) is 0.405. The van der Waals surface area contributed by atoms with E-state index in [0.717, 1.165) is 33.3 Å². The van der Waals surface area contributed by atoms with Crippen molar-refractivity contribution in [3.8, 4) is 11.3 Å². The number of fused-ring (bicyclic) bond motifs is 1. The average molecular weight is 657 g/mol. The van der Waals surface area contributed by atoms with E-state index >= 15 is 0 Å². The van der Waals surface area contributed by atoms with Crippen LogP contribution >= 0.6 is 0 Å². The summed E-state index contributed by atoms with van der Waals surface area (Å²) in [5.74, 6) is -0.143. The van der Waals surface area contributed by atoms with E-state index in [1.165, 1.54) is 0 Å². The molecule has 4 aromatic rings. The number of nitrogens with one attached hydrogen (secondary N) is 2. The second kappa shape index (κ2) is 13.2. The van der Waals surface area contributed by atoms with Gasteiger partial charge in [0.15, 0.2) is 0 Å². The van der Waals surface area contributed by atoms with Crippen LogP contribution in [0.25, 0.3) is 22.2 Å². The van der Waals surface area contributed by atoms with Gasteiger partial charge in [-0.3, -0.25) is 4.79 Å². The Morgan fingerprint density at radius 2 is 1.60 bits per heavy atom. The molecule has 1 aliphatic carbocycles. The molecule has 3 aromatic carbocycles. The molecule has 2 fully saturated rings. The van der Waals surface area contributed by atoms with Crippen molar-refractivity contribution in [3.63, 3.8) is 0 Å². The topological polar surface area (TPSA) is 112 Å². The fourth-order valence-electron chi connectivity index (χ4n) is 6.77. The van der Waals surface area contributed by atoms with Crippen LogP contribution in [-0.2, 0) is 19.6 Å². The zero-order chi connectivity index (χ0) is 33.3. The van der Waals surface area contributed by atoms with Crippen LogP contribution in [0.2, 0.25) is 0 Å². The van der Waals surface area contributed by atoms with Crippen molar-refractivity contribution in [2.45, 2.75) is 76.0 Å². The molecule has 10 heteroatoms. The number of aromatic amines is 1. The highest BCUT2D eigenvalue weighted by atomic mass is 32.2. The molecule has 1 saturated carbocycles. The number of hydrogen-bond donors (Lipinski definition) is 2. The van der Waals surface area contributed by atoms with E-state index in [2.05, 4.69) is 22.7 Å². The molecule has 0 spiro atoms. The van der Waals surface area contributed by atoms with E-state index in [0.29, 0.717) is 45.3 Å². The summed E-state index contributed by atoms with van der Waals surface area (Å²) in [4.78, 5) is 34.1. The molecule has 1 aromatic heterocycles. The summed E-state index contributed by atoms with van der Waals surface area (Å²) >= 11 is 0. The van der Waals surface area contributed by atoms with Gasteiger partial charge in [-0.05, 0) is 82.7 Å². The van der Waals surface area contributed by atoms with Gasteiger partial charge in [0.1, 0.15) is 5.60 Å². The maximum Gasteiger partial charge on any atom is 0.410 e. The molecule has 2 amide bonds. The van der Waals surface area contributed by atoms with Crippen LogP contribution in [0.5, 0.6) is 0 Å². The Morgan fingerprint density at radius 3 is 2.30 bits per heavy atom. The summed E-state index contributed by atoms with van der Waals surface area (Å²) < 4.78 is 35.5. The third kappa shape index (κ3) is 7.39. The first-order valence-electron chi connectivity index (χ1n) is 16.4. The number of aryl methyl sites for hydroxylation is 1. The zero-order valence-electron chi connectivity index (χ0n) is 27.5. The van der Waals surface area contributed by atoms with Gasteiger partial charge < -0.3 is 19.5 Å². The minimum absolute atomic E-state index is 0.0608. The number of carbonyl (C=O) groups is 2. The monoisotopic (exact) mass is 656 g/mol. The fourth-order valence-corrected chi connectivity index (χ4v) is 8.10. The largest absolute Gasteiger partial charge is 0.444 e. The molecule has 1 saturated heterocycles. The molecule has 1 atom stereocenters. The van der Waals surface area contributed by atoms with Gasteiger partial charge in [0, 0.05) is 53.8 Å². The molecule has 248 valence electrons. The van der Waals surface area contributed by atoms with Crippen molar-refractivity contribution in [2.75, 3.05) is 19.6 Å². The van der Waals surface area contributed by atoms with Gasteiger partial charge >= 0.3 is 6.09 Å². The van der Waals surface area contributed by atoms with E-state index in [9.17, 15) is 18.0 Å². The number of amides is 2. The lowest BCUT2D eigenvalue weighted by Crippen LogP contribution is -2.54. The Balaban J connectivity index is 1.10. The molecule has 2 N–H and O–H groups in total. The lowest BCUT2D eigenvalue weighted by atomic mass is 9.85. The average Bonchev–Trinajstić information content (AvgIpc) is 3.48. The second-order valence-corrected chi connectivity index (χ2v) is 15.5. The molecule has 0 unspecified atom stereocenters. The number of benzene rings is 3. The van der Waals surface area contributed by atoms with Gasteiger partial charge in [0.2, 0.25) is 15.9 Å². The zero-order valence-corrected chi connectivity index (χ0v) is 28.3. The Kier molecular flexibility index (Phi) is 9.18. The summed E-state index contributed by atoms with van der Waals surface area (Å²) in [5, 5.41) is 0.946. The predicted molar refractivity (Wildman–Crippen MR) is 183 cm³/mol. The van der Waals surface area contributed by atoms with E-state index in [4.69, 9.17) is 4.74 Å². The summed E-state index contributed by atoms with van der Waals surface area (Å²) in [6.07, 6.45) is 1.96. The van der Waals surface area contributed by atoms with Gasteiger partial charge in [-0.1, -0.05) is 60.7 Å². The number of aromatic nitrogens is 1. The molecule has 2 heterocycles. The van der Waals surface area contributed by atoms with Gasteiger partial charge in [-0.2, -0.15) is 0 Å². The molecule has 0 radical (unpaired) electrons. The molecule has 9 nitrogen and oxygen atoms in total. The van der Waals surface area contributed by atoms with Crippen LogP contribution in [0.3, 0.4) is 0 Å². The summed E-state index contributed by atoms with van der Waals surface area (Å²) in [5.41, 5.74) is 4.30. The number of nitrogens with zero attached hydrogens (tertiary/aromatic N) is 2. The number of sulfonamides is 1. The van der Waals surface area contributed by atoms with Crippen molar-refractivity contribution < 1.29 is 22.7 Å². The second-order valence-electron chi connectivity index (χ2n) is 13.8. The first-order valence-corrected chi connectivity index (χ1v) is 17.9. The van der Waals surface area contributed by atoms with Crippen molar-refractivity contribution in [3.05, 3.63) is 90.0 Å². The lowest BCUT2D eigenvalue weighted by Gasteiger charge is -2.43. The quantitative estimate of drug-likeness (QED) is 0.237. The standard InChI is InChI=1S/C37H44N4O5S/c1-25-10-8-9-13-31(25)33-22-28-16-19-30(23-32(28)38-33)47(44,45)39-29-17-14-27(15-18-29)35(42)41-21-20-40(36(43)46-37(2,3)4)24-34(41)26-11-6-5-7-12-26/h5-13,16,19,22-23,27,29,34,38-39H,14-15,17-18,20-21,24H2,1-4H3/t27-,29-,34-/m1/s1. The van der Waals surface area contributed by atoms with Gasteiger partial charge in [-0.15, -0.1) is 0 Å². The number of hydrogen-bond acceptors (Lipinski definition) is 5. The molecule has 47 heavy (non-hydrogen) atoms.